The molecule has 4 nitrogen and oxygen atoms in total. The second kappa shape index (κ2) is 7.21. The van der Waals surface area contributed by atoms with Gasteiger partial charge in [-0.2, -0.15) is 0 Å². The van der Waals surface area contributed by atoms with Crippen molar-refractivity contribution in [2.24, 2.45) is 5.41 Å². The van der Waals surface area contributed by atoms with Gasteiger partial charge >= 0.3 is 0 Å². The van der Waals surface area contributed by atoms with Crippen molar-refractivity contribution in [2.45, 2.75) is 43.6 Å². The first-order chi connectivity index (χ1) is 14.8. The maximum atomic E-state index is 14.0. The molecule has 0 bridgehead atoms. The number of likely N-dealkylation sites (tertiary alicyclic amines) is 1. The minimum absolute atomic E-state index is 0.0368. The Morgan fingerprint density at radius 2 is 2.03 bits per heavy atom. The van der Waals surface area contributed by atoms with Crippen LogP contribution in [0.25, 0.3) is 0 Å². The number of amides is 2. The summed E-state index contributed by atoms with van der Waals surface area (Å²) < 4.78 is 0.909. The lowest BCUT2D eigenvalue weighted by Crippen LogP contribution is -2.66. The van der Waals surface area contributed by atoms with E-state index in [1.807, 2.05) is 47.4 Å². The minimum Gasteiger partial charge on any atom is -0.334 e. The molecule has 2 aromatic rings. The molecule has 6 heteroatoms. The van der Waals surface area contributed by atoms with Crippen molar-refractivity contribution >= 4 is 45.0 Å². The summed E-state index contributed by atoms with van der Waals surface area (Å²) in [4.78, 5) is 29.4. The molecule has 5 rings (SSSR count). The molecule has 2 amide bonds. The summed E-state index contributed by atoms with van der Waals surface area (Å²) in [7, 11) is 0. The highest BCUT2D eigenvalue weighted by molar-refractivity contribution is 9.10. The van der Waals surface area contributed by atoms with Crippen molar-refractivity contribution < 1.29 is 9.59 Å². The largest absolute Gasteiger partial charge is 0.334 e. The highest BCUT2D eigenvalue weighted by Gasteiger charge is 2.69. The Labute approximate surface area is 195 Å². The molecule has 1 spiro atoms. The topological polar surface area (TPSA) is 49.4 Å². The third-order valence-electron chi connectivity index (χ3n) is 7.32. The Kier molecular flexibility index (Phi) is 4.83. The zero-order valence-corrected chi connectivity index (χ0v) is 19.7. The number of piperidine rings is 1. The molecule has 1 saturated heterocycles. The Morgan fingerprint density at radius 3 is 2.71 bits per heavy atom. The molecule has 3 unspecified atom stereocenters. The lowest BCUT2D eigenvalue weighted by molar-refractivity contribution is -0.147. The quantitative estimate of drug-likeness (QED) is 0.552. The van der Waals surface area contributed by atoms with Gasteiger partial charge in [0, 0.05) is 34.1 Å². The number of carbonyl (C=O) groups excluding carboxylic acids is 2. The Bertz CT molecular complexity index is 1110. The van der Waals surface area contributed by atoms with E-state index < -0.39 is 5.41 Å². The second-order valence-corrected chi connectivity index (χ2v) is 10.6. The third kappa shape index (κ3) is 3.00. The molecule has 2 aliphatic heterocycles. The molecule has 2 heterocycles. The molecule has 31 heavy (non-hydrogen) atoms. The van der Waals surface area contributed by atoms with Crippen molar-refractivity contribution in [3.8, 4) is 0 Å². The number of nitrogens with zero attached hydrogens (tertiary/aromatic N) is 1. The molecule has 1 aliphatic carbocycles. The van der Waals surface area contributed by atoms with E-state index in [4.69, 9.17) is 11.6 Å². The second-order valence-electron chi connectivity index (χ2n) is 9.22. The highest BCUT2D eigenvalue weighted by Crippen LogP contribution is 2.64. The highest BCUT2D eigenvalue weighted by atomic mass is 79.9. The number of rotatable bonds is 4. The van der Waals surface area contributed by atoms with Crippen molar-refractivity contribution in [1.29, 1.82) is 0 Å². The lowest BCUT2D eigenvalue weighted by Gasteiger charge is -2.53. The number of fused-ring (bicyclic) bond motifs is 2. The van der Waals surface area contributed by atoms with E-state index in [-0.39, 0.29) is 35.6 Å². The molecule has 3 aliphatic rings. The van der Waals surface area contributed by atoms with Crippen LogP contribution in [0.3, 0.4) is 0 Å². The standard InChI is InChI=1S/C25H24BrClN2O2/c1-3-11-29-21(30)14-19(15-5-4-6-17(27)12-15)25(22(29)24(2)9-10-24)18-8-7-16(26)13-20(18)28-23(25)31/h3-8,12-13,19,22H,1,9-11,14H2,2H3,(H,28,31). The van der Waals surface area contributed by atoms with Crippen LogP contribution < -0.4 is 5.32 Å². The number of hydrogen-bond donors (Lipinski definition) is 1. The summed E-state index contributed by atoms with van der Waals surface area (Å²) in [5.74, 6) is -0.276. The Morgan fingerprint density at radius 1 is 1.26 bits per heavy atom. The number of anilines is 1. The van der Waals surface area contributed by atoms with Crippen LogP contribution >= 0.6 is 27.5 Å². The SMILES string of the molecule is C=CCN1C(=O)CC(c2cccc(Cl)c2)C2(C(=O)Nc3cc(Br)ccc32)C1C1(C)CC1. The number of halogens is 2. The van der Waals surface area contributed by atoms with Gasteiger partial charge in [0.2, 0.25) is 11.8 Å². The summed E-state index contributed by atoms with van der Waals surface area (Å²) in [5, 5.41) is 3.76. The van der Waals surface area contributed by atoms with Crippen LogP contribution in [-0.4, -0.2) is 29.3 Å². The van der Waals surface area contributed by atoms with Gasteiger partial charge in [0.05, 0.1) is 6.04 Å². The predicted octanol–water partition coefficient (Wildman–Crippen LogP) is 5.66. The van der Waals surface area contributed by atoms with Crippen LogP contribution in [0, 0.1) is 5.41 Å². The van der Waals surface area contributed by atoms with Gasteiger partial charge in [-0.15, -0.1) is 6.58 Å². The van der Waals surface area contributed by atoms with Gasteiger partial charge in [0.25, 0.3) is 0 Å². The molecule has 1 N–H and O–H groups in total. The molecule has 3 atom stereocenters. The summed E-state index contributed by atoms with van der Waals surface area (Å²) in [6.07, 6.45) is 3.99. The fraction of sp³-hybridized carbons (Fsp3) is 0.360. The number of hydrogen-bond acceptors (Lipinski definition) is 2. The normalized spacial score (nSPS) is 28.4. The van der Waals surface area contributed by atoms with E-state index in [1.165, 1.54) is 0 Å². The van der Waals surface area contributed by atoms with Crippen LogP contribution in [0.15, 0.2) is 59.6 Å². The molecular formula is C25H24BrClN2O2. The van der Waals surface area contributed by atoms with Crippen molar-refractivity contribution in [2.75, 3.05) is 11.9 Å². The van der Waals surface area contributed by atoms with E-state index >= 15 is 0 Å². The fourth-order valence-electron chi connectivity index (χ4n) is 5.83. The van der Waals surface area contributed by atoms with Crippen LogP contribution in [0.1, 0.15) is 43.2 Å². The summed E-state index contributed by atoms with van der Waals surface area (Å²) >= 11 is 9.89. The van der Waals surface area contributed by atoms with Crippen molar-refractivity contribution in [3.63, 3.8) is 0 Å². The third-order valence-corrected chi connectivity index (χ3v) is 8.05. The van der Waals surface area contributed by atoms with Gasteiger partial charge in [-0.1, -0.05) is 58.7 Å². The maximum Gasteiger partial charge on any atom is 0.237 e. The zero-order chi connectivity index (χ0) is 22.0. The smallest absolute Gasteiger partial charge is 0.237 e. The van der Waals surface area contributed by atoms with E-state index in [0.717, 1.165) is 34.1 Å². The first kappa shape index (κ1) is 20.8. The molecule has 2 fully saturated rings. The summed E-state index contributed by atoms with van der Waals surface area (Å²) in [6, 6.07) is 13.3. The predicted molar refractivity (Wildman–Crippen MR) is 126 cm³/mol. The summed E-state index contributed by atoms with van der Waals surface area (Å²) in [6.45, 7) is 6.52. The monoisotopic (exact) mass is 498 g/mol. The van der Waals surface area contributed by atoms with E-state index in [2.05, 4.69) is 34.7 Å². The zero-order valence-electron chi connectivity index (χ0n) is 17.3. The van der Waals surface area contributed by atoms with Crippen LogP contribution in [0.2, 0.25) is 5.02 Å². The maximum absolute atomic E-state index is 14.0. The number of benzene rings is 2. The molecular weight excluding hydrogens is 476 g/mol. The number of nitrogens with one attached hydrogen (secondary N) is 1. The minimum atomic E-state index is -0.886. The van der Waals surface area contributed by atoms with Gasteiger partial charge in [-0.3, -0.25) is 9.59 Å². The van der Waals surface area contributed by atoms with E-state index in [9.17, 15) is 9.59 Å². The molecule has 1 saturated carbocycles. The first-order valence-electron chi connectivity index (χ1n) is 10.6. The molecule has 0 aromatic heterocycles. The molecule has 160 valence electrons. The van der Waals surface area contributed by atoms with E-state index in [0.29, 0.717) is 11.6 Å². The fourth-order valence-corrected chi connectivity index (χ4v) is 6.39. The van der Waals surface area contributed by atoms with E-state index in [1.54, 1.807) is 6.08 Å². The van der Waals surface area contributed by atoms with Gasteiger partial charge in [0.15, 0.2) is 0 Å². The van der Waals surface area contributed by atoms with Gasteiger partial charge < -0.3 is 10.2 Å². The molecule has 0 radical (unpaired) electrons. The number of carbonyl (C=O) groups is 2. The van der Waals surface area contributed by atoms with Crippen molar-refractivity contribution in [1.82, 2.24) is 4.90 Å². The average molecular weight is 500 g/mol. The Balaban J connectivity index is 1.81. The van der Waals surface area contributed by atoms with Crippen LogP contribution in [0.5, 0.6) is 0 Å². The first-order valence-corrected chi connectivity index (χ1v) is 11.8. The van der Waals surface area contributed by atoms with Crippen LogP contribution in [0.4, 0.5) is 5.69 Å². The average Bonchev–Trinajstić information content (AvgIpc) is 3.40. The summed E-state index contributed by atoms with van der Waals surface area (Å²) in [5.41, 5.74) is 1.70. The lowest BCUT2D eigenvalue weighted by atomic mass is 9.56. The van der Waals surface area contributed by atoms with Gasteiger partial charge in [-0.05, 0) is 53.6 Å². The Hall–Kier alpha value is -2.11. The van der Waals surface area contributed by atoms with Crippen molar-refractivity contribution in [3.05, 3.63) is 75.7 Å². The molecule has 2 aromatic carbocycles. The van der Waals surface area contributed by atoms with Crippen LogP contribution in [-0.2, 0) is 15.0 Å². The van der Waals surface area contributed by atoms with Gasteiger partial charge in [-0.25, -0.2) is 0 Å². The van der Waals surface area contributed by atoms with Gasteiger partial charge in [0.1, 0.15) is 5.41 Å².